The van der Waals surface area contributed by atoms with Gasteiger partial charge in [0.15, 0.2) is 0 Å². The Kier molecular flexibility index (Phi) is 5.92. The number of imidazole rings is 1. The summed E-state index contributed by atoms with van der Waals surface area (Å²) in [6, 6.07) is 0. The lowest BCUT2D eigenvalue weighted by atomic mass is 10.3. The van der Waals surface area contributed by atoms with Crippen LogP contribution >= 0.6 is 0 Å². The fraction of sp³-hybridized carbons (Fsp3) is 0.533. The standard InChI is InChI=1S/C15H23N9O2/c1-21-7-9-23(10-8-21)20-15-13(24(25)26)14(18-11-19-15)17-3-2-5-22-6-4-16-12-22/h4,6,11-12H,2-3,5,7-10H2,1H3,(H2,17,18,19,20). The number of anilines is 2. The van der Waals surface area contributed by atoms with Gasteiger partial charge < -0.3 is 14.8 Å². The molecule has 2 N–H and O–H groups in total. The first-order valence-electron chi connectivity index (χ1n) is 8.52. The Morgan fingerprint density at radius 1 is 1.23 bits per heavy atom. The van der Waals surface area contributed by atoms with Crippen molar-refractivity contribution in [3.8, 4) is 0 Å². The Bertz CT molecular complexity index is 714. The van der Waals surface area contributed by atoms with Crippen LogP contribution in [0.1, 0.15) is 6.42 Å². The van der Waals surface area contributed by atoms with Crippen LogP contribution in [-0.2, 0) is 6.54 Å². The van der Waals surface area contributed by atoms with Crippen molar-refractivity contribution in [2.75, 3.05) is 50.5 Å². The fourth-order valence-corrected chi connectivity index (χ4v) is 2.72. The summed E-state index contributed by atoms with van der Waals surface area (Å²) in [4.78, 5) is 25.4. The zero-order valence-corrected chi connectivity index (χ0v) is 14.7. The van der Waals surface area contributed by atoms with E-state index >= 15 is 0 Å². The zero-order valence-electron chi connectivity index (χ0n) is 14.7. The van der Waals surface area contributed by atoms with Gasteiger partial charge in [-0.25, -0.2) is 20.0 Å². The number of aromatic nitrogens is 4. The molecule has 2 aromatic heterocycles. The summed E-state index contributed by atoms with van der Waals surface area (Å²) < 4.78 is 1.95. The smallest absolute Gasteiger partial charge is 0.354 e. The summed E-state index contributed by atoms with van der Waals surface area (Å²) >= 11 is 0. The maximum absolute atomic E-state index is 11.6. The molecule has 0 aromatic carbocycles. The second-order valence-electron chi connectivity index (χ2n) is 6.16. The molecule has 26 heavy (non-hydrogen) atoms. The SMILES string of the molecule is CN1CCN(Nc2ncnc(NCCCn3ccnc3)c2[N+](=O)[O-])CC1. The number of nitrogens with zero attached hydrogens (tertiary/aromatic N) is 7. The van der Waals surface area contributed by atoms with Crippen LogP contribution < -0.4 is 10.7 Å². The maximum Gasteiger partial charge on any atom is 0.354 e. The first kappa shape index (κ1) is 18.0. The molecule has 0 amide bonds. The van der Waals surface area contributed by atoms with Crippen LogP contribution in [0.15, 0.2) is 25.0 Å². The lowest BCUT2D eigenvalue weighted by Gasteiger charge is -2.32. The lowest BCUT2D eigenvalue weighted by molar-refractivity contribution is -0.383. The molecule has 0 aliphatic carbocycles. The Morgan fingerprint density at radius 2 is 2.00 bits per heavy atom. The van der Waals surface area contributed by atoms with Crippen LogP contribution in [0.3, 0.4) is 0 Å². The highest BCUT2D eigenvalue weighted by molar-refractivity contribution is 5.68. The fourth-order valence-electron chi connectivity index (χ4n) is 2.72. The predicted octanol–water partition coefficient (Wildman–Crippen LogP) is 0.658. The largest absolute Gasteiger partial charge is 0.364 e. The molecule has 0 spiro atoms. The van der Waals surface area contributed by atoms with Gasteiger partial charge in [-0.1, -0.05) is 0 Å². The van der Waals surface area contributed by atoms with Crippen LogP contribution in [0.4, 0.5) is 17.3 Å². The van der Waals surface area contributed by atoms with Gasteiger partial charge in [-0.15, -0.1) is 0 Å². The maximum atomic E-state index is 11.6. The van der Waals surface area contributed by atoms with E-state index < -0.39 is 4.92 Å². The summed E-state index contributed by atoms with van der Waals surface area (Å²) in [6.45, 7) is 4.66. The van der Waals surface area contributed by atoms with Gasteiger partial charge in [0, 0.05) is 51.7 Å². The van der Waals surface area contributed by atoms with Crippen LogP contribution in [-0.4, -0.2) is 74.1 Å². The highest BCUT2D eigenvalue weighted by Gasteiger charge is 2.25. The van der Waals surface area contributed by atoms with E-state index in [0.29, 0.717) is 6.54 Å². The Labute approximate surface area is 151 Å². The highest BCUT2D eigenvalue weighted by atomic mass is 16.6. The van der Waals surface area contributed by atoms with Crippen molar-refractivity contribution in [2.24, 2.45) is 0 Å². The van der Waals surface area contributed by atoms with E-state index in [1.807, 2.05) is 15.8 Å². The van der Waals surface area contributed by atoms with Gasteiger partial charge in [0.1, 0.15) is 6.33 Å². The van der Waals surface area contributed by atoms with Crippen LogP contribution in [0.5, 0.6) is 0 Å². The molecule has 11 heteroatoms. The summed E-state index contributed by atoms with van der Waals surface area (Å²) in [7, 11) is 2.05. The minimum atomic E-state index is -0.448. The second-order valence-corrected chi connectivity index (χ2v) is 6.16. The van der Waals surface area contributed by atoms with Gasteiger partial charge >= 0.3 is 5.69 Å². The topological polar surface area (TPSA) is 117 Å². The summed E-state index contributed by atoms with van der Waals surface area (Å²) in [6.07, 6.45) is 7.47. The lowest BCUT2D eigenvalue weighted by Crippen LogP contribution is -2.47. The summed E-state index contributed by atoms with van der Waals surface area (Å²) in [5, 5.41) is 16.6. The van der Waals surface area contributed by atoms with Crippen LogP contribution in [0.2, 0.25) is 0 Å². The molecule has 0 bridgehead atoms. The molecule has 1 fully saturated rings. The number of aryl methyl sites for hydroxylation is 1. The quantitative estimate of drug-likeness (QED) is 0.397. The molecule has 140 valence electrons. The number of nitrogens with one attached hydrogen (secondary N) is 2. The van der Waals surface area contributed by atoms with Gasteiger partial charge in [-0.3, -0.25) is 15.5 Å². The van der Waals surface area contributed by atoms with Crippen molar-refractivity contribution in [1.82, 2.24) is 29.4 Å². The van der Waals surface area contributed by atoms with Crippen LogP contribution in [0.25, 0.3) is 0 Å². The molecule has 1 aliphatic rings. The number of hydrogen-bond donors (Lipinski definition) is 2. The van der Waals surface area contributed by atoms with Crippen molar-refractivity contribution in [3.05, 3.63) is 35.2 Å². The number of hydrogen-bond acceptors (Lipinski definition) is 9. The second kappa shape index (κ2) is 8.54. The number of nitro groups is 1. The third-order valence-electron chi connectivity index (χ3n) is 4.22. The van der Waals surface area contributed by atoms with Gasteiger partial charge in [-0.2, -0.15) is 0 Å². The molecule has 3 heterocycles. The van der Waals surface area contributed by atoms with Crippen molar-refractivity contribution < 1.29 is 4.92 Å². The summed E-state index contributed by atoms with van der Waals surface area (Å²) in [5.41, 5.74) is 2.94. The molecule has 0 unspecified atom stereocenters. The Morgan fingerprint density at radius 3 is 2.69 bits per heavy atom. The minimum Gasteiger partial charge on any atom is -0.364 e. The van der Waals surface area contributed by atoms with E-state index in [1.54, 1.807) is 12.5 Å². The van der Waals surface area contributed by atoms with Crippen LogP contribution in [0, 0.1) is 10.1 Å². The number of piperazine rings is 1. The van der Waals surface area contributed by atoms with Crippen molar-refractivity contribution >= 4 is 17.3 Å². The van der Waals surface area contributed by atoms with Gasteiger partial charge in [-0.05, 0) is 13.5 Å². The average molecular weight is 361 g/mol. The first-order valence-corrected chi connectivity index (χ1v) is 8.52. The molecule has 3 rings (SSSR count). The molecule has 0 radical (unpaired) electrons. The zero-order chi connectivity index (χ0) is 18.4. The van der Waals surface area contributed by atoms with E-state index in [9.17, 15) is 10.1 Å². The third kappa shape index (κ3) is 4.64. The van der Waals surface area contributed by atoms with E-state index in [1.165, 1.54) is 6.33 Å². The minimum absolute atomic E-state index is 0.131. The number of likely N-dealkylation sites (N-methyl/N-ethyl adjacent to an activating group) is 1. The van der Waals surface area contributed by atoms with Crippen molar-refractivity contribution in [3.63, 3.8) is 0 Å². The average Bonchev–Trinajstić information content (AvgIpc) is 3.14. The number of rotatable bonds is 8. The summed E-state index contributed by atoms with van der Waals surface area (Å²) in [5.74, 6) is 0.443. The highest BCUT2D eigenvalue weighted by Crippen LogP contribution is 2.29. The van der Waals surface area contributed by atoms with Crippen molar-refractivity contribution in [2.45, 2.75) is 13.0 Å². The molecule has 0 atom stereocenters. The van der Waals surface area contributed by atoms with E-state index in [-0.39, 0.29) is 17.3 Å². The van der Waals surface area contributed by atoms with E-state index in [2.05, 4.69) is 37.6 Å². The molecule has 11 nitrogen and oxygen atoms in total. The molecular weight excluding hydrogens is 338 g/mol. The monoisotopic (exact) mass is 361 g/mol. The van der Waals surface area contributed by atoms with E-state index in [0.717, 1.165) is 39.1 Å². The molecular formula is C15H23N9O2. The van der Waals surface area contributed by atoms with Gasteiger partial charge in [0.25, 0.3) is 0 Å². The molecule has 0 saturated carbocycles. The molecule has 1 saturated heterocycles. The predicted molar refractivity (Wildman–Crippen MR) is 96.7 cm³/mol. The Balaban J connectivity index is 1.62. The Hall–Kier alpha value is -2.79. The number of hydrazine groups is 1. The van der Waals surface area contributed by atoms with Gasteiger partial charge in [0.2, 0.25) is 11.6 Å². The van der Waals surface area contributed by atoms with E-state index in [4.69, 9.17) is 0 Å². The van der Waals surface area contributed by atoms with Crippen molar-refractivity contribution in [1.29, 1.82) is 0 Å². The molecule has 1 aliphatic heterocycles. The van der Waals surface area contributed by atoms with Gasteiger partial charge in [0.05, 0.1) is 11.3 Å². The third-order valence-corrected chi connectivity index (χ3v) is 4.22. The molecule has 2 aromatic rings. The normalized spacial score (nSPS) is 15.7. The first-order chi connectivity index (χ1) is 12.6.